The van der Waals surface area contributed by atoms with Crippen molar-refractivity contribution in [3.05, 3.63) is 59.7 Å². The van der Waals surface area contributed by atoms with E-state index < -0.39 is 33.9 Å². The van der Waals surface area contributed by atoms with Crippen molar-refractivity contribution in [3.63, 3.8) is 0 Å². The first-order valence-corrected chi connectivity index (χ1v) is 11.1. The molecule has 1 aliphatic rings. The number of halogens is 1. The average Bonchev–Trinajstić information content (AvgIpc) is 2.76. The van der Waals surface area contributed by atoms with Crippen molar-refractivity contribution >= 4 is 21.8 Å². The predicted molar refractivity (Wildman–Crippen MR) is 108 cm³/mol. The van der Waals surface area contributed by atoms with E-state index >= 15 is 0 Å². The quantitative estimate of drug-likeness (QED) is 0.626. The third kappa shape index (κ3) is 5.63. The first-order valence-electron chi connectivity index (χ1n) is 9.63. The van der Waals surface area contributed by atoms with Gasteiger partial charge in [0.1, 0.15) is 12.0 Å². The van der Waals surface area contributed by atoms with Crippen LogP contribution in [0.15, 0.2) is 47.6 Å². The van der Waals surface area contributed by atoms with E-state index in [1.807, 2.05) is 0 Å². The lowest BCUT2D eigenvalue weighted by atomic mass is 10.2. The molecule has 3 rings (SSSR count). The molecule has 1 atom stereocenters. The maximum Gasteiger partial charge on any atom is 0.309 e. The van der Waals surface area contributed by atoms with Gasteiger partial charge in [-0.25, -0.2) is 12.8 Å². The maximum atomic E-state index is 13.4. The molecule has 11 heteroatoms. The second-order valence-electron chi connectivity index (χ2n) is 6.96. The van der Waals surface area contributed by atoms with E-state index in [0.29, 0.717) is 13.0 Å². The Balaban J connectivity index is 1.62. The first kappa shape index (κ1) is 22.8. The Bertz CT molecular complexity index is 1050. The molecule has 31 heavy (non-hydrogen) atoms. The van der Waals surface area contributed by atoms with Crippen LogP contribution in [0.25, 0.3) is 0 Å². The molecule has 0 radical (unpaired) electrons. The Morgan fingerprint density at radius 1 is 1.26 bits per heavy atom. The average molecular weight is 450 g/mol. The maximum absolute atomic E-state index is 13.4. The lowest BCUT2D eigenvalue weighted by molar-refractivity contribution is -0.140. The number of ether oxygens (including phenoxy) is 1. The SMILES string of the molecule is Cc1cc(F)ccc1S(=O)(=O)N1CCCOC1CNC(=O)C(=O)NCc1cccnc1. The summed E-state index contributed by atoms with van der Waals surface area (Å²) >= 11 is 0. The smallest absolute Gasteiger partial charge is 0.309 e. The molecule has 9 nitrogen and oxygen atoms in total. The highest BCUT2D eigenvalue weighted by atomic mass is 32.2. The van der Waals surface area contributed by atoms with E-state index in [2.05, 4.69) is 15.6 Å². The summed E-state index contributed by atoms with van der Waals surface area (Å²) in [5.41, 5.74) is 0.995. The summed E-state index contributed by atoms with van der Waals surface area (Å²) in [7, 11) is -3.99. The van der Waals surface area contributed by atoms with Gasteiger partial charge in [-0.15, -0.1) is 0 Å². The fourth-order valence-corrected chi connectivity index (χ4v) is 4.93. The Labute approximate surface area is 179 Å². The number of nitrogens with one attached hydrogen (secondary N) is 2. The van der Waals surface area contributed by atoms with Crippen LogP contribution >= 0.6 is 0 Å². The summed E-state index contributed by atoms with van der Waals surface area (Å²) < 4.78 is 46.2. The number of benzene rings is 1. The van der Waals surface area contributed by atoms with E-state index in [-0.39, 0.29) is 30.1 Å². The minimum Gasteiger partial charge on any atom is -0.360 e. The largest absolute Gasteiger partial charge is 0.360 e. The molecular weight excluding hydrogens is 427 g/mol. The number of amides is 2. The van der Waals surface area contributed by atoms with E-state index in [0.717, 1.165) is 22.0 Å². The van der Waals surface area contributed by atoms with Crippen molar-refractivity contribution in [2.75, 3.05) is 19.7 Å². The van der Waals surface area contributed by atoms with Gasteiger partial charge in [-0.3, -0.25) is 14.6 Å². The molecule has 1 saturated heterocycles. The molecule has 0 bridgehead atoms. The van der Waals surface area contributed by atoms with Gasteiger partial charge in [-0.2, -0.15) is 4.31 Å². The molecule has 166 valence electrons. The zero-order chi connectivity index (χ0) is 22.4. The van der Waals surface area contributed by atoms with Crippen LogP contribution in [0.5, 0.6) is 0 Å². The van der Waals surface area contributed by atoms with Crippen LogP contribution in [-0.4, -0.2) is 55.4 Å². The molecule has 1 fully saturated rings. The van der Waals surface area contributed by atoms with Crippen LogP contribution in [0.4, 0.5) is 4.39 Å². The number of nitrogens with zero attached hydrogens (tertiary/aromatic N) is 2. The molecule has 2 aromatic rings. The Kier molecular flexibility index (Phi) is 7.31. The van der Waals surface area contributed by atoms with Crippen molar-refractivity contribution in [1.82, 2.24) is 19.9 Å². The fraction of sp³-hybridized carbons (Fsp3) is 0.350. The molecule has 1 aromatic heterocycles. The van der Waals surface area contributed by atoms with E-state index in [1.54, 1.807) is 24.5 Å². The monoisotopic (exact) mass is 450 g/mol. The predicted octanol–water partition coefficient (Wildman–Crippen LogP) is 0.699. The third-order valence-corrected chi connectivity index (χ3v) is 6.75. The second kappa shape index (κ2) is 9.94. The summed E-state index contributed by atoms with van der Waals surface area (Å²) in [5, 5.41) is 4.88. The Hall–Kier alpha value is -2.89. The van der Waals surface area contributed by atoms with Gasteiger partial charge in [0.25, 0.3) is 0 Å². The van der Waals surface area contributed by atoms with Gasteiger partial charge < -0.3 is 15.4 Å². The Morgan fingerprint density at radius 2 is 2.03 bits per heavy atom. The van der Waals surface area contributed by atoms with E-state index in [4.69, 9.17) is 4.74 Å². The molecule has 1 unspecified atom stereocenters. The number of pyridine rings is 1. The standard InChI is InChI=1S/C20H23FN4O5S/c1-14-10-16(21)5-6-17(14)31(28,29)25-8-3-9-30-18(25)13-24-20(27)19(26)23-12-15-4-2-7-22-11-15/h2,4-7,10-11,18H,3,8-9,12-13H2,1H3,(H,23,26)(H,24,27). The van der Waals surface area contributed by atoms with Crippen LogP contribution in [0.3, 0.4) is 0 Å². The number of carbonyl (C=O) groups excluding carboxylic acids is 2. The van der Waals surface area contributed by atoms with Crippen LogP contribution in [0, 0.1) is 12.7 Å². The second-order valence-corrected chi connectivity index (χ2v) is 8.82. The number of sulfonamides is 1. The van der Waals surface area contributed by atoms with Crippen LogP contribution < -0.4 is 10.6 Å². The van der Waals surface area contributed by atoms with Crippen LogP contribution in [-0.2, 0) is 30.9 Å². The third-order valence-electron chi connectivity index (χ3n) is 4.70. The molecule has 1 aromatic carbocycles. The van der Waals surface area contributed by atoms with Gasteiger partial charge in [0.05, 0.1) is 18.0 Å². The van der Waals surface area contributed by atoms with Crippen molar-refractivity contribution in [2.24, 2.45) is 0 Å². The highest BCUT2D eigenvalue weighted by molar-refractivity contribution is 7.89. The van der Waals surface area contributed by atoms with Gasteiger partial charge >= 0.3 is 11.8 Å². The van der Waals surface area contributed by atoms with Gasteiger partial charge in [0, 0.05) is 25.5 Å². The lowest BCUT2D eigenvalue weighted by Gasteiger charge is -2.34. The normalized spacial score (nSPS) is 17.2. The van der Waals surface area contributed by atoms with Gasteiger partial charge in [-0.1, -0.05) is 6.07 Å². The highest BCUT2D eigenvalue weighted by Crippen LogP contribution is 2.25. The zero-order valence-electron chi connectivity index (χ0n) is 16.9. The van der Waals surface area contributed by atoms with Crippen molar-refractivity contribution in [2.45, 2.75) is 31.0 Å². The van der Waals surface area contributed by atoms with E-state index in [9.17, 15) is 22.4 Å². The first-order chi connectivity index (χ1) is 14.8. The number of aryl methyl sites for hydroxylation is 1. The topological polar surface area (TPSA) is 118 Å². The molecular formula is C20H23FN4O5S. The zero-order valence-corrected chi connectivity index (χ0v) is 17.7. The van der Waals surface area contributed by atoms with Gasteiger partial charge in [-0.05, 0) is 48.7 Å². The van der Waals surface area contributed by atoms with Gasteiger partial charge in [0.2, 0.25) is 10.0 Å². The molecule has 1 aliphatic heterocycles. The Morgan fingerprint density at radius 3 is 2.74 bits per heavy atom. The van der Waals surface area contributed by atoms with Gasteiger partial charge in [0.15, 0.2) is 0 Å². The molecule has 2 N–H and O–H groups in total. The van der Waals surface area contributed by atoms with Crippen LogP contribution in [0.1, 0.15) is 17.5 Å². The van der Waals surface area contributed by atoms with Crippen molar-refractivity contribution < 1.29 is 27.1 Å². The van der Waals surface area contributed by atoms with E-state index in [1.165, 1.54) is 13.0 Å². The van der Waals surface area contributed by atoms with Crippen molar-refractivity contribution in [3.8, 4) is 0 Å². The highest BCUT2D eigenvalue weighted by Gasteiger charge is 2.35. The molecule has 0 spiro atoms. The number of hydrogen-bond acceptors (Lipinski definition) is 6. The summed E-state index contributed by atoms with van der Waals surface area (Å²) in [6, 6.07) is 6.88. The van der Waals surface area contributed by atoms with Crippen LogP contribution in [0.2, 0.25) is 0 Å². The molecule has 0 aliphatic carbocycles. The minimum absolute atomic E-state index is 0.0371. The molecule has 2 amide bonds. The number of aromatic nitrogens is 1. The number of rotatable bonds is 6. The fourth-order valence-electron chi connectivity index (χ4n) is 3.16. The summed E-state index contributed by atoms with van der Waals surface area (Å²) in [5.74, 6) is -2.30. The summed E-state index contributed by atoms with van der Waals surface area (Å²) in [6.45, 7) is 1.90. The number of hydrogen-bond donors (Lipinski definition) is 2. The molecule has 0 saturated carbocycles. The molecule has 2 heterocycles. The van der Waals surface area contributed by atoms with Crippen molar-refractivity contribution in [1.29, 1.82) is 0 Å². The summed E-state index contributed by atoms with van der Waals surface area (Å²) in [4.78, 5) is 28.0. The summed E-state index contributed by atoms with van der Waals surface area (Å²) in [6.07, 6.45) is 2.64. The minimum atomic E-state index is -3.99. The number of carbonyl (C=O) groups is 2. The lowest BCUT2D eigenvalue weighted by Crippen LogP contribution is -2.53.